The molecule has 0 aliphatic carbocycles. The molecule has 2 heteroatoms. The molecule has 0 spiro atoms. The summed E-state index contributed by atoms with van der Waals surface area (Å²) in [5.41, 5.74) is 8.95. The molecular formula is C10H20Si2. The lowest BCUT2D eigenvalue weighted by Crippen LogP contribution is -2.24. The summed E-state index contributed by atoms with van der Waals surface area (Å²) in [4.78, 5) is 0. The van der Waals surface area contributed by atoms with Crippen molar-refractivity contribution in [2.45, 2.75) is 26.2 Å². The smallest absolute Gasteiger partial charge is 0.0941 e. The third kappa shape index (κ3) is 4.52. The summed E-state index contributed by atoms with van der Waals surface area (Å²) in [6, 6.07) is 0. The maximum Gasteiger partial charge on any atom is 0.0941 e. The predicted molar refractivity (Wildman–Crippen MR) is 64.5 cm³/mol. The number of hydrogen-bond acceptors (Lipinski definition) is 0. The molecule has 0 saturated heterocycles. The molecule has 0 amide bonds. The van der Waals surface area contributed by atoms with E-state index in [4.69, 9.17) is 0 Å². The average molecular weight is 196 g/mol. The highest BCUT2D eigenvalue weighted by Gasteiger charge is 2.15. The Bertz CT molecular complexity index is 178. The molecule has 0 N–H and O–H groups in total. The van der Waals surface area contributed by atoms with Crippen LogP contribution in [0.5, 0.6) is 0 Å². The summed E-state index contributed by atoms with van der Waals surface area (Å²) in [5, 5.41) is 0. The molecule has 0 fully saturated rings. The van der Waals surface area contributed by atoms with E-state index in [1.54, 1.807) is 0 Å². The fourth-order valence-corrected chi connectivity index (χ4v) is 4.27. The molecule has 0 heterocycles. The molecule has 0 saturated carbocycles. The van der Waals surface area contributed by atoms with Crippen molar-refractivity contribution in [2.75, 3.05) is 0 Å². The highest BCUT2D eigenvalue weighted by Crippen LogP contribution is 2.10. The summed E-state index contributed by atoms with van der Waals surface area (Å²) in [6.07, 6.45) is 0. The molecule has 0 aromatic rings. The Kier molecular flexibility index (Phi) is 3.93. The van der Waals surface area contributed by atoms with Gasteiger partial charge >= 0.3 is 0 Å². The molecule has 12 heavy (non-hydrogen) atoms. The second kappa shape index (κ2) is 4.05. The van der Waals surface area contributed by atoms with E-state index in [-0.39, 0.29) is 0 Å². The van der Waals surface area contributed by atoms with Crippen LogP contribution in [0.2, 0.25) is 26.2 Å². The number of hydrogen-bond donors (Lipinski definition) is 0. The Hall–Kier alpha value is -0.346. The van der Waals surface area contributed by atoms with Gasteiger partial charge in [-0.25, -0.2) is 0 Å². The predicted octanol–water partition coefficient (Wildman–Crippen LogP) is 3.49. The van der Waals surface area contributed by atoms with Crippen molar-refractivity contribution in [3.05, 3.63) is 36.0 Å². The molecule has 0 unspecified atom stereocenters. The minimum absolute atomic E-state index is 1.23. The average Bonchev–Trinajstić information content (AvgIpc) is 2.02. The van der Waals surface area contributed by atoms with E-state index in [1.165, 1.54) is 0 Å². The van der Waals surface area contributed by atoms with Gasteiger partial charge in [-0.2, -0.15) is 0 Å². The van der Waals surface area contributed by atoms with Gasteiger partial charge in [0, 0.05) is 0 Å². The van der Waals surface area contributed by atoms with Crippen LogP contribution in [0.1, 0.15) is 0 Å². The second-order valence-electron chi connectivity index (χ2n) is 4.38. The molecule has 0 nitrogen and oxygen atoms in total. The first-order valence-electron chi connectivity index (χ1n) is 4.30. The van der Waals surface area contributed by atoms with Crippen molar-refractivity contribution in [2.24, 2.45) is 0 Å². The highest BCUT2D eigenvalue weighted by molar-refractivity contribution is 6.91. The van der Waals surface area contributed by atoms with Crippen LogP contribution in [0, 0.1) is 0 Å². The molecule has 0 aliphatic heterocycles. The molecular weight excluding hydrogens is 176 g/mol. The monoisotopic (exact) mass is 196 g/mol. The van der Waals surface area contributed by atoms with Crippen molar-refractivity contribution in [3.8, 4) is 0 Å². The molecule has 0 radical (unpaired) electrons. The van der Waals surface area contributed by atoms with Gasteiger partial charge in [-0.15, -0.1) is 13.2 Å². The first kappa shape index (κ1) is 11.7. The fourth-order valence-electron chi connectivity index (χ4n) is 0.566. The van der Waals surface area contributed by atoms with Gasteiger partial charge < -0.3 is 0 Å². The minimum atomic E-state index is -1.23. The summed E-state index contributed by atoms with van der Waals surface area (Å²) < 4.78 is 0. The molecule has 0 aromatic heterocycles. The lowest BCUT2D eigenvalue weighted by molar-refractivity contribution is 1.80. The SMILES string of the molecule is C=C[Si](C)(C)/C=C/[Si](C)(C)C=C. The lowest BCUT2D eigenvalue weighted by Gasteiger charge is -2.15. The van der Waals surface area contributed by atoms with Crippen LogP contribution in [-0.4, -0.2) is 16.1 Å². The van der Waals surface area contributed by atoms with Gasteiger partial charge in [-0.1, -0.05) is 49.0 Å². The summed E-state index contributed by atoms with van der Waals surface area (Å²) in [5.74, 6) is 0. The molecule has 0 atom stereocenters. The maximum atomic E-state index is 3.86. The van der Waals surface area contributed by atoms with E-state index in [0.29, 0.717) is 0 Å². The van der Waals surface area contributed by atoms with E-state index in [0.717, 1.165) is 0 Å². The molecule has 0 aromatic carbocycles. The van der Waals surface area contributed by atoms with Crippen molar-refractivity contribution in [1.29, 1.82) is 0 Å². The largest absolute Gasteiger partial charge is 0.107 e. The molecule has 68 valence electrons. The van der Waals surface area contributed by atoms with Gasteiger partial charge in [0.05, 0.1) is 16.1 Å². The van der Waals surface area contributed by atoms with E-state index >= 15 is 0 Å². The molecule has 0 bridgehead atoms. The zero-order chi connectivity index (χ0) is 9.83. The van der Waals surface area contributed by atoms with Crippen LogP contribution in [0.25, 0.3) is 0 Å². The Morgan fingerprint density at radius 2 is 1.00 bits per heavy atom. The first-order chi connectivity index (χ1) is 5.33. The Morgan fingerprint density at radius 1 is 0.750 bits per heavy atom. The number of rotatable bonds is 4. The highest BCUT2D eigenvalue weighted by atomic mass is 28.3. The Morgan fingerprint density at radius 3 is 1.17 bits per heavy atom. The maximum absolute atomic E-state index is 3.86. The van der Waals surface area contributed by atoms with Gasteiger partial charge in [-0.3, -0.25) is 0 Å². The molecule has 0 aliphatic rings. The summed E-state index contributed by atoms with van der Waals surface area (Å²) in [6.45, 7) is 16.9. The Balaban J connectivity index is 4.43. The second-order valence-corrected chi connectivity index (χ2v) is 13.2. The van der Waals surface area contributed by atoms with Gasteiger partial charge in [0.2, 0.25) is 0 Å². The van der Waals surface area contributed by atoms with Gasteiger partial charge in [0.25, 0.3) is 0 Å². The van der Waals surface area contributed by atoms with Crippen LogP contribution < -0.4 is 0 Å². The van der Waals surface area contributed by atoms with E-state index in [9.17, 15) is 0 Å². The third-order valence-corrected chi connectivity index (χ3v) is 6.48. The van der Waals surface area contributed by atoms with Crippen LogP contribution >= 0.6 is 0 Å². The van der Waals surface area contributed by atoms with Gasteiger partial charge in [-0.05, 0) is 0 Å². The zero-order valence-electron chi connectivity index (χ0n) is 8.72. The topological polar surface area (TPSA) is 0 Å². The normalized spacial score (nSPS) is 13.3. The van der Waals surface area contributed by atoms with Crippen LogP contribution in [0.4, 0.5) is 0 Å². The van der Waals surface area contributed by atoms with E-state index in [2.05, 4.69) is 62.1 Å². The Labute approximate surface area is 78.7 Å². The molecule has 0 rings (SSSR count). The van der Waals surface area contributed by atoms with Crippen molar-refractivity contribution >= 4 is 16.1 Å². The van der Waals surface area contributed by atoms with Crippen LogP contribution in [0.15, 0.2) is 36.0 Å². The van der Waals surface area contributed by atoms with Crippen molar-refractivity contribution in [1.82, 2.24) is 0 Å². The van der Waals surface area contributed by atoms with Crippen molar-refractivity contribution in [3.63, 3.8) is 0 Å². The van der Waals surface area contributed by atoms with Gasteiger partial charge in [0.15, 0.2) is 0 Å². The first-order valence-corrected chi connectivity index (χ1v) is 10.6. The van der Waals surface area contributed by atoms with Gasteiger partial charge in [0.1, 0.15) is 0 Å². The van der Waals surface area contributed by atoms with E-state index < -0.39 is 16.1 Å². The summed E-state index contributed by atoms with van der Waals surface area (Å²) >= 11 is 0. The van der Waals surface area contributed by atoms with Crippen LogP contribution in [0.3, 0.4) is 0 Å². The van der Waals surface area contributed by atoms with E-state index in [1.807, 2.05) is 0 Å². The quantitative estimate of drug-likeness (QED) is 0.604. The lowest BCUT2D eigenvalue weighted by atomic mass is 11.2. The standard InChI is InChI=1S/C10H20Si2/c1-7-11(3,4)9-10-12(5,6)8-2/h7-10H,1-2H2,3-6H3/b10-9+. The fraction of sp³-hybridized carbons (Fsp3) is 0.400. The third-order valence-electron chi connectivity index (χ3n) is 1.99. The van der Waals surface area contributed by atoms with Crippen LogP contribution in [-0.2, 0) is 0 Å². The minimum Gasteiger partial charge on any atom is -0.107 e. The zero-order valence-corrected chi connectivity index (χ0v) is 10.7. The summed E-state index contributed by atoms with van der Waals surface area (Å²) in [7, 11) is -2.47. The van der Waals surface area contributed by atoms with Crippen molar-refractivity contribution < 1.29 is 0 Å².